The highest BCUT2D eigenvalue weighted by molar-refractivity contribution is 4.52. The second kappa shape index (κ2) is 20.6. The average molecular weight is 376 g/mol. The molecule has 0 spiro atoms. The van der Waals surface area contributed by atoms with Gasteiger partial charge in [0.2, 0.25) is 0 Å². The standard InChI is InChI=1S/C23H50N.ClH/c1-5-9-13-14-15-16-17-18-19-23-24(20-10-6-2,21-11-7-3)22-12-8-4;/h5-23H2,1-4H3;1H/q+1;/p-1. The number of unbranched alkanes of at least 4 members (excludes halogenated alkanes) is 11. The van der Waals surface area contributed by atoms with E-state index in [-0.39, 0.29) is 12.4 Å². The average Bonchev–Trinajstić information content (AvgIpc) is 2.61. The van der Waals surface area contributed by atoms with E-state index in [2.05, 4.69) is 27.7 Å². The monoisotopic (exact) mass is 375 g/mol. The summed E-state index contributed by atoms with van der Waals surface area (Å²) in [6.45, 7) is 15.1. The molecule has 154 valence electrons. The van der Waals surface area contributed by atoms with Gasteiger partial charge in [-0.1, -0.05) is 91.9 Å². The van der Waals surface area contributed by atoms with E-state index in [1.54, 1.807) is 0 Å². The Balaban J connectivity index is 0. The van der Waals surface area contributed by atoms with Crippen LogP contribution < -0.4 is 12.4 Å². The van der Waals surface area contributed by atoms with Gasteiger partial charge >= 0.3 is 0 Å². The lowest BCUT2D eigenvalue weighted by Crippen LogP contribution is -3.00. The minimum atomic E-state index is 0. The molecule has 0 aromatic carbocycles. The van der Waals surface area contributed by atoms with Gasteiger partial charge in [0.1, 0.15) is 0 Å². The third-order valence-corrected chi connectivity index (χ3v) is 5.69. The minimum Gasteiger partial charge on any atom is -1.00 e. The molecule has 1 nitrogen and oxygen atoms in total. The van der Waals surface area contributed by atoms with E-state index < -0.39 is 0 Å². The number of quaternary nitrogens is 1. The van der Waals surface area contributed by atoms with Gasteiger partial charge in [-0.3, -0.25) is 0 Å². The number of hydrogen-bond acceptors (Lipinski definition) is 0. The molecule has 0 radical (unpaired) electrons. The largest absolute Gasteiger partial charge is 1.00 e. The van der Waals surface area contributed by atoms with Crippen molar-refractivity contribution in [3.63, 3.8) is 0 Å². The van der Waals surface area contributed by atoms with E-state index >= 15 is 0 Å². The van der Waals surface area contributed by atoms with Crippen molar-refractivity contribution in [3.05, 3.63) is 0 Å². The van der Waals surface area contributed by atoms with Gasteiger partial charge in [0.25, 0.3) is 0 Å². The lowest BCUT2D eigenvalue weighted by molar-refractivity contribution is -0.929. The highest BCUT2D eigenvalue weighted by Crippen LogP contribution is 2.18. The van der Waals surface area contributed by atoms with Crippen molar-refractivity contribution in [2.45, 2.75) is 124 Å². The number of nitrogens with zero attached hydrogens (tertiary/aromatic N) is 1. The Labute approximate surface area is 167 Å². The van der Waals surface area contributed by atoms with Crippen LogP contribution >= 0.6 is 0 Å². The third-order valence-electron chi connectivity index (χ3n) is 5.69. The molecule has 0 aromatic heterocycles. The summed E-state index contributed by atoms with van der Waals surface area (Å²) in [5.74, 6) is 0. The molecule has 0 amide bonds. The Morgan fingerprint density at radius 1 is 0.360 bits per heavy atom. The fourth-order valence-electron chi connectivity index (χ4n) is 3.91. The topological polar surface area (TPSA) is 0 Å². The van der Waals surface area contributed by atoms with Crippen LogP contribution in [-0.2, 0) is 0 Å². The zero-order chi connectivity index (χ0) is 17.9. The molecule has 0 aromatic rings. The molecule has 0 unspecified atom stereocenters. The molecule has 0 N–H and O–H groups in total. The zero-order valence-electron chi connectivity index (χ0n) is 18.3. The van der Waals surface area contributed by atoms with Crippen LogP contribution in [0.1, 0.15) is 124 Å². The summed E-state index contributed by atoms with van der Waals surface area (Å²) in [6, 6.07) is 0. The van der Waals surface area contributed by atoms with Crippen LogP contribution in [0.25, 0.3) is 0 Å². The fourth-order valence-corrected chi connectivity index (χ4v) is 3.91. The van der Waals surface area contributed by atoms with E-state index in [1.807, 2.05) is 0 Å². The maximum atomic E-state index is 2.35. The molecule has 25 heavy (non-hydrogen) atoms. The summed E-state index contributed by atoms with van der Waals surface area (Å²) in [5.41, 5.74) is 0. The van der Waals surface area contributed by atoms with Crippen molar-refractivity contribution in [1.29, 1.82) is 0 Å². The highest BCUT2D eigenvalue weighted by atomic mass is 35.5. The van der Waals surface area contributed by atoms with Gasteiger partial charge in [0.15, 0.2) is 0 Å². The van der Waals surface area contributed by atoms with Gasteiger partial charge < -0.3 is 16.9 Å². The lowest BCUT2D eigenvalue weighted by Gasteiger charge is -2.39. The van der Waals surface area contributed by atoms with E-state index in [0.717, 1.165) is 0 Å². The molecular formula is C23H50ClN. The highest BCUT2D eigenvalue weighted by Gasteiger charge is 2.24. The quantitative estimate of drug-likeness (QED) is 0.226. The molecule has 0 aliphatic heterocycles. The maximum Gasteiger partial charge on any atom is 0.0786 e. The normalized spacial score (nSPS) is 11.5. The van der Waals surface area contributed by atoms with Crippen LogP contribution in [0.2, 0.25) is 0 Å². The Morgan fingerprint density at radius 3 is 1.00 bits per heavy atom. The summed E-state index contributed by atoms with van der Waals surface area (Å²) in [4.78, 5) is 0. The van der Waals surface area contributed by atoms with E-state index in [0.29, 0.717) is 0 Å². The molecule has 0 bridgehead atoms. The predicted octanol–water partition coefficient (Wildman–Crippen LogP) is 4.74. The first-order valence-corrected chi connectivity index (χ1v) is 11.6. The molecule has 0 saturated heterocycles. The molecule has 0 atom stereocenters. The smallest absolute Gasteiger partial charge is 0.0786 e. The van der Waals surface area contributed by atoms with Crippen molar-refractivity contribution in [3.8, 4) is 0 Å². The van der Waals surface area contributed by atoms with Crippen LogP contribution in [0.5, 0.6) is 0 Å². The van der Waals surface area contributed by atoms with E-state index in [9.17, 15) is 0 Å². The van der Waals surface area contributed by atoms with Crippen LogP contribution in [0.15, 0.2) is 0 Å². The molecule has 0 heterocycles. The number of rotatable bonds is 19. The molecule has 0 rings (SSSR count). The van der Waals surface area contributed by atoms with Gasteiger partial charge in [-0.15, -0.1) is 0 Å². The van der Waals surface area contributed by atoms with Gasteiger partial charge in [-0.2, -0.15) is 0 Å². The second-order valence-corrected chi connectivity index (χ2v) is 8.13. The summed E-state index contributed by atoms with van der Waals surface area (Å²) >= 11 is 0. The van der Waals surface area contributed by atoms with Crippen LogP contribution in [0.3, 0.4) is 0 Å². The van der Waals surface area contributed by atoms with Gasteiger partial charge in [-0.05, 0) is 32.1 Å². The minimum absolute atomic E-state index is 0. The molecular weight excluding hydrogens is 326 g/mol. The third kappa shape index (κ3) is 16.2. The first-order chi connectivity index (χ1) is 11.7. The molecule has 0 aliphatic rings. The summed E-state index contributed by atoms with van der Waals surface area (Å²) < 4.78 is 1.44. The molecule has 0 fully saturated rings. The van der Waals surface area contributed by atoms with Crippen molar-refractivity contribution in [2.24, 2.45) is 0 Å². The van der Waals surface area contributed by atoms with Crippen LogP contribution in [-0.4, -0.2) is 30.7 Å². The van der Waals surface area contributed by atoms with Crippen molar-refractivity contribution in [2.75, 3.05) is 26.2 Å². The summed E-state index contributed by atoms with van der Waals surface area (Å²) in [6.07, 6.45) is 21.4. The number of halogens is 1. The molecule has 0 saturated carbocycles. The molecule has 0 aliphatic carbocycles. The van der Waals surface area contributed by atoms with Gasteiger partial charge in [0.05, 0.1) is 26.2 Å². The lowest BCUT2D eigenvalue weighted by atomic mass is 10.1. The van der Waals surface area contributed by atoms with Crippen molar-refractivity contribution < 1.29 is 16.9 Å². The van der Waals surface area contributed by atoms with Gasteiger partial charge in [-0.25, -0.2) is 0 Å². The van der Waals surface area contributed by atoms with Crippen LogP contribution in [0, 0.1) is 0 Å². The Morgan fingerprint density at radius 2 is 0.640 bits per heavy atom. The SMILES string of the molecule is CCCCCCCCCCC[N+](CCCC)(CCCC)CCCC.[Cl-]. The van der Waals surface area contributed by atoms with E-state index in [1.165, 1.54) is 127 Å². The summed E-state index contributed by atoms with van der Waals surface area (Å²) in [5, 5.41) is 0. The number of hydrogen-bond donors (Lipinski definition) is 0. The first-order valence-electron chi connectivity index (χ1n) is 11.6. The summed E-state index contributed by atoms with van der Waals surface area (Å²) in [7, 11) is 0. The van der Waals surface area contributed by atoms with E-state index in [4.69, 9.17) is 0 Å². The van der Waals surface area contributed by atoms with Crippen LogP contribution in [0.4, 0.5) is 0 Å². The van der Waals surface area contributed by atoms with Crippen molar-refractivity contribution in [1.82, 2.24) is 0 Å². The Kier molecular flexibility index (Phi) is 22.6. The Hall–Kier alpha value is 0.250. The Bertz CT molecular complexity index is 220. The van der Waals surface area contributed by atoms with Crippen molar-refractivity contribution >= 4 is 0 Å². The first kappa shape index (κ1) is 27.5. The predicted molar refractivity (Wildman–Crippen MR) is 112 cm³/mol. The fraction of sp³-hybridized carbons (Fsp3) is 1.00. The van der Waals surface area contributed by atoms with Gasteiger partial charge in [0, 0.05) is 0 Å². The second-order valence-electron chi connectivity index (χ2n) is 8.13. The maximum absolute atomic E-state index is 2.35. The molecule has 2 heteroatoms. The zero-order valence-corrected chi connectivity index (χ0v) is 19.0.